The normalized spacial score (nSPS) is 11.5. The van der Waals surface area contributed by atoms with E-state index in [1.807, 2.05) is 0 Å². The van der Waals surface area contributed by atoms with Crippen LogP contribution >= 0.6 is 0 Å². The van der Waals surface area contributed by atoms with Gasteiger partial charge in [0, 0.05) is 59.6 Å². The minimum atomic E-state index is -0.772. The molecule has 0 heterocycles. The average Bonchev–Trinajstić information content (AvgIpc) is 2.50. The third-order valence-electron chi connectivity index (χ3n) is 3.57. The zero-order chi connectivity index (χ0) is 20.7. The maximum Gasteiger partial charge on any atom is 0.305 e. The second-order valence-electron chi connectivity index (χ2n) is 6.35. The van der Waals surface area contributed by atoms with Gasteiger partial charge in [-0.3, -0.25) is 19.2 Å². The number of hydrogen-bond acceptors (Lipinski definition) is 8. The van der Waals surface area contributed by atoms with Crippen molar-refractivity contribution in [2.75, 3.05) is 0 Å². The summed E-state index contributed by atoms with van der Waals surface area (Å²) in [5, 5.41) is 0. The lowest BCUT2D eigenvalue weighted by atomic mass is 10.3. The van der Waals surface area contributed by atoms with Gasteiger partial charge in [0.1, 0.15) is 0 Å². The van der Waals surface area contributed by atoms with Crippen molar-refractivity contribution in [3.8, 4) is 0 Å². The Bertz CT molecular complexity index is 410. The van der Waals surface area contributed by atoms with Crippen LogP contribution in [-0.4, -0.2) is 55.5 Å². The van der Waals surface area contributed by atoms with Crippen molar-refractivity contribution in [2.24, 2.45) is 0 Å². The SMILES string of the molecule is CC(=O)OC(CCC[SiH2]C[SiH2]CCCC(OC(C)=O)OC(C)=O)OC(C)=O. The van der Waals surface area contributed by atoms with Gasteiger partial charge in [-0.25, -0.2) is 0 Å². The second-order valence-corrected chi connectivity index (χ2v) is 12.0. The first-order chi connectivity index (χ1) is 12.7. The van der Waals surface area contributed by atoms with Gasteiger partial charge in [-0.2, -0.15) is 0 Å². The molecular weight excluding hydrogens is 388 g/mol. The van der Waals surface area contributed by atoms with Crippen LogP contribution < -0.4 is 0 Å². The maximum absolute atomic E-state index is 11.0. The van der Waals surface area contributed by atoms with E-state index in [-0.39, 0.29) is 19.0 Å². The number of ether oxygens (including phenoxy) is 4. The Balaban J connectivity index is 3.77. The Labute approximate surface area is 165 Å². The maximum atomic E-state index is 11.0. The molecule has 0 spiro atoms. The molecule has 0 aromatic heterocycles. The van der Waals surface area contributed by atoms with Crippen LogP contribution in [0.2, 0.25) is 17.8 Å². The molecule has 10 heteroatoms. The first-order valence-electron chi connectivity index (χ1n) is 9.39. The van der Waals surface area contributed by atoms with Crippen molar-refractivity contribution in [2.45, 2.75) is 83.7 Å². The summed E-state index contributed by atoms with van der Waals surface area (Å²) in [7, 11) is -0.318. The Morgan fingerprint density at radius 1 is 0.630 bits per heavy atom. The molecule has 156 valence electrons. The molecule has 0 rings (SSSR count). The van der Waals surface area contributed by atoms with Gasteiger partial charge in [0.25, 0.3) is 0 Å². The average molecular weight is 421 g/mol. The fourth-order valence-corrected chi connectivity index (χ4v) is 8.06. The summed E-state index contributed by atoms with van der Waals surface area (Å²) < 4.78 is 19.9. The zero-order valence-electron chi connectivity index (χ0n) is 16.8. The predicted molar refractivity (Wildman–Crippen MR) is 105 cm³/mol. The number of rotatable bonds is 14. The largest absolute Gasteiger partial charge is 0.425 e. The molecule has 0 radical (unpaired) electrons. The number of hydrogen-bond donors (Lipinski definition) is 0. The molecule has 0 aliphatic rings. The van der Waals surface area contributed by atoms with Crippen LogP contribution in [-0.2, 0) is 38.1 Å². The molecule has 0 aromatic rings. The van der Waals surface area contributed by atoms with E-state index in [1.54, 1.807) is 0 Å². The summed E-state index contributed by atoms with van der Waals surface area (Å²) in [6.07, 6.45) is 1.30. The molecule has 0 amide bonds. The summed E-state index contributed by atoms with van der Waals surface area (Å²) in [4.78, 5) is 43.9. The van der Waals surface area contributed by atoms with Crippen LogP contribution in [0.15, 0.2) is 0 Å². The van der Waals surface area contributed by atoms with Crippen molar-refractivity contribution in [1.29, 1.82) is 0 Å². The van der Waals surface area contributed by atoms with Crippen molar-refractivity contribution >= 4 is 42.9 Å². The van der Waals surface area contributed by atoms with Crippen LogP contribution in [0.1, 0.15) is 53.4 Å². The molecule has 0 saturated heterocycles. The Morgan fingerprint density at radius 2 is 0.926 bits per heavy atom. The lowest BCUT2D eigenvalue weighted by Crippen LogP contribution is -2.22. The van der Waals surface area contributed by atoms with Crippen LogP contribution in [0.4, 0.5) is 0 Å². The second kappa shape index (κ2) is 15.4. The molecule has 0 N–H and O–H groups in total. The molecule has 0 aromatic carbocycles. The van der Waals surface area contributed by atoms with E-state index in [4.69, 9.17) is 18.9 Å². The van der Waals surface area contributed by atoms with Crippen molar-refractivity contribution in [3.05, 3.63) is 0 Å². The molecule has 8 nitrogen and oxygen atoms in total. The summed E-state index contributed by atoms with van der Waals surface area (Å²) in [6, 6.07) is 2.24. The van der Waals surface area contributed by atoms with Gasteiger partial charge < -0.3 is 18.9 Å². The van der Waals surface area contributed by atoms with Crippen molar-refractivity contribution < 1.29 is 38.1 Å². The van der Waals surface area contributed by atoms with Gasteiger partial charge in [-0.15, -0.1) is 0 Å². The van der Waals surface area contributed by atoms with Gasteiger partial charge in [0.2, 0.25) is 12.6 Å². The Hall–Kier alpha value is -1.69. The molecule has 0 aliphatic heterocycles. The van der Waals surface area contributed by atoms with E-state index >= 15 is 0 Å². The number of carbonyl (C=O) groups excluding carboxylic acids is 4. The van der Waals surface area contributed by atoms with E-state index in [0.717, 1.165) is 24.9 Å². The zero-order valence-corrected chi connectivity index (χ0v) is 19.6. The molecule has 0 aliphatic carbocycles. The molecule has 0 fully saturated rings. The highest BCUT2D eigenvalue weighted by Crippen LogP contribution is 2.10. The van der Waals surface area contributed by atoms with Gasteiger partial charge in [0.15, 0.2) is 0 Å². The topological polar surface area (TPSA) is 105 Å². The Kier molecular flexibility index (Phi) is 14.4. The molecule has 0 unspecified atom stereocenters. The summed E-state index contributed by atoms with van der Waals surface area (Å²) >= 11 is 0. The van der Waals surface area contributed by atoms with Gasteiger partial charge in [-0.05, 0) is 12.8 Å². The molecule has 27 heavy (non-hydrogen) atoms. The van der Waals surface area contributed by atoms with Crippen LogP contribution in [0, 0.1) is 0 Å². The third-order valence-corrected chi connectivity index (χ3v) is 9.57. The highest BCUT2D eigenvalue weighted by Gasteiger charge is 2.15. The summed E-state index contributed by atoms with van der Waals surface area (Å²) in [5.41, 5.74) is 1.32. The van der Waals surface area contributed by atoms with Crippen molar-refractivity contribution in [1.82, 2.24) is 0 Å². The standard InChI is InChI=1S/C17H32O8Si2/c1-12(18)22-16(23-13(2)19)7-5-9-26-11-27-10-6-8-17(24-14(3)20)25-15(4)21/h16-17H,5-11,26-27H2,1-4H3. The number of carbonyl (C=O) groups is 4. The monoisotopic (exact) mass is 420 g/mol. The first kappa shape index (κ1) is 25.3. The van der Waals surface area contributed by atoms with E-state index in [0.29, 0.717) is 12.8 Å². The minimum Gasteiger partial charge on any atom is -0.425 e. The third kappa shape index (κ3) is 17.5. The fraction of sp³-hybridized carbons (Fsp3) is 0.765. The predicted octanol–water partition coefficient (Wildman–Crippen LogP) is 1.00. The molecule has 0 atom stereocenters. The van der Waals surface area contributed by atoms with Gasteiger partial charge in [0.05, 0.1) is 0 Å². The van der Waals surface area contributed by atoms with E-state index in [2.05, 4.69) is 0 Å². The van der Waals surface area contributed by atoms with E-state index in [1.165, 1.54) is 33.4 Å². The number of esters is 4. The molecule has 0 bridgehead atoms. The van der Waals surface area contributed by atoms with Crippen molar-refractivity contribution in [3.63, 3.8) is 0 Å². The Morgan fingerprint density at radius 3 is 1.19 bits per heavy atom. The quantitative estimate of drug-likeness (QED) is 0.177. The fourth-order valence-electron chi connectivity index (χ4n) is 2.53. The highest BCUT2D eigenvalue weighted by molar-refractivity contribution is 6.55. The lowest BCUT2D eigenvalue weighted by molar-refractivity contribution is -0.187. The van der Waals surface area contributed by atoms with Gasteiger partial charge in [-0.1, -0.05) is 17.8 Å². The van der Waals surface area contributed by atoms with Gasteiger partial charge >= 0.3 is 23.9 Å². The summed E-state index contributed by atoms with van der Waals surface area (Å²) in [5.74, 6) is -1.81. The van der Waals surface area contributed by atoms with Crippen LogP contribution in [0.5, 0.6) is 0 Å². The molecule has 0 saturated carbocycles. The summed E-state index contributed by atoms with van der Waals surface area (Å²) in [6.45, 7) is 5.18. The molecular formula is C17H32O8Si2. The van der Waals surface area contributed by atoms with E-state index in [9.17, 15) is 19.2 Å². The lowest BCUT2D eigenvalue weighted by Gasteiger charge is -2.16. The van der Waals surface area contributed by atoms with Crippen LogP contribution in [0.25, 0.3) is 0 Å². The minimum absolute atomic E-state index is 0.159. The smallest absolute Gasteiger partial charge is 0.305 e. The first-order valence-corrected chi connectivity index (χ1v) is 13.4. The van der Waals surface area contributed by atoms with Crippen LogP contribution in [0.3, 0.4) is 0 Å². The highest BCUT2D eigenvalue weighted by atomic mass is 28.3. The van der Waals surface area contributed by atoms with E-state index < -0.39 is 36.5 Å².